The minimum atomic E-state index is -0.120. The number of ketones is 1. The van der Waals surface area contributed by atoms with E-state index in [4.69, 9.17) is 5.11 Å². The fraction of sp³-hybridized carbons (Fsp3) is 0.500. The van der Waals surface area contributed by atoms with E-state index >= 15 is 0 Å². The number of allylic oxidation sites excluding steroid dienone is 2. The van der Waals surface area contributed by atoms with Gasteiger partial charge in [-0.05, 0) is 12.5 Å². The van der Waals surface area contributed by atoms with Gasteiger partial charge < -0.3 is 5.11 Å². The lowest BCUT2D eigenvalue weighted by Crippen LogP contribution is -2.04. The van der Waals surface area contributed by atoms with Gasteiger partial charge in [-0.25, -0.2) is 0 Å². The van der Waals surface area contributed by atoms with Gasteiger partial charge in [0.05, 0.1) is 0 Å². The summed E-state index contributed by atoms with van der Waals surface area (Å²) in [5.74, 6) is -0.169. The Morgan fingerprint density at radius 3 is 2.62 bits per heavy atom. The SMILES string of the molecule is CC1CC=C(O)C1=O. The van der Waals surface area contributed by atoms with Crippen molar-refractivity contribution in [1.29, 1.82) is 0 Å². The van der Waals surface area contributed by atoms with Gasteiger partial charge in [-0.1, -0.05) is 6.92 Å². The van der Waals surface area contributed by atoms with Crippen LogP contribution in [-0.2, 0) is 4.79 Å². The maximum Gasteiger partial charge on any atom is 0.199 e. The first-order chi connectivity index (χ1) is 3.72. The van der Waals surface area contributed by atoms with E-state index in [-0.39, 0.29) is 17.5 Å². The normalized spacial score (nSPS) is 28.4. The molecule has 0 aliphatic heterocycles. The second-order valence-electron chi connectivity index (χ2n) is 2.09. The Kier molecular flexibility index (Phi) is 1.08. The summed E-state index contributed by atoms with van der Waals surface area (Å²) in [6, 6.07) is 0. The molecule has 2 nitrogen and oxygen atoms in total. The molecule has 0 heterocycles. The fourth-order valence-electron chi connectivity index (χ4n) is 0.748. The van der Waals surface area contributed by atoms with Gasteiger partial charge in [0, 0.05) is 5.92 Å². The van der Waals surface area contributed by atoms with Gasteiger partial charge in [-0.15, -0.1) is 0 Å². The molecule has 0 aromatic heterocycles. The zero-order chi connectivity index (χ0) is 6.15. The summed E-state index contributed by atoms with van der Waals surface area (Å²) in [5.41, 5.74) is 0. The Labute approximate surface area is 47.8 Å². The lowest BCUT2D eigenvalue weighted by atomic mass is 10.1. The molecule has 1 aliphatic carbocycles. The van der Waals surface area contributed by atoms with Crippen LogP contribution in [0.1, 0.15) is 13.3 Å². The van der Waals surface area contributed by atoms with E-state index in [0.29, 0.717) is 6.42 Å². The summed E-state index contributed by atoms with van der Waals surface area (Å²) < 4.78 is 0. The molecule has 1 unspecified atom stereocenters. The molecule has 0 spiro atoms. The number of carbonyl (C=O) groups excluding carboxylic acids is 1. The minimum Gasteiger partial charge on any atom is -0.505 e. The molecule has 1 aliphatic rings. The smallest absolute Gasteiger partial charge is 0.199 e. The van der Waals surface area contributed by atoms with Crippen LogP contribution >= 0.6 is 0 Å². The predicted octanol–water partition coefficient (Wildman–Crippen LogP) is 1.04. The molecule has 0 radical (unpaired) electrons. The number of aliphatic hydroxyl groups is 1. The van der Waals surface area contributed by atoms with Gasteiger partial charge in [-0.2, -0.15) is 0 Å². The first-order valence-electron chi connectivity index (χ1n) is 2.65. The molecule has 1 rings (SSSR count). The van der Waals surface area contributed by atoms with Gasteiger partial charge in [0.15, 0.2) is 11.5 Å². The van der Waals surface area contributed by atoms with E-state index < -0.39 is 0 Å². The highest BCUT2D eigenvalue weighted by molar-refractivity contribution is 5.96. The van der Waals surface area contributed by atoms with E-state index in [1.54, 1.807) is 6.08 Å². The lowest BCUT2D eigenvalue weighted by Gasteiger charge is -1.93. The monoisotopic (exact) mass is 112 g/mol. The zero-order valence-electron chi connectivity index (χ0n) is 4.72. The van der Waals surface area contributed by atoms with E-state index in [9.17, 15) is 4.79 Å². The van der Waals surface area contributed by atoms with Crippen molar-refractivity contribution in [2.75, 3.05) is 0 Å². The van der Waals surface area contributed by atoms with Crippen molar-refractivity contribution in [3.63, 3.8) is 0 Å². The van der Waals surface area contributed by atoms with Gasteiger partial charge in [-0.3, -0.25) is 4.79 Å². The number of rotatable bonds is 0. The Balaban J connectivity index is 2.73. The van der Waals surface area contributed by atoms with Crippen LogP contribution in [0.4, 0.5) is 0 Å². The molecule has 8 heavy (non-hydrogen) atoms. The van der Waals surface area contributed by atoms with Crippen LogP contribution in [0.25, 0.3) is 0 Å². The van der Waals surface area contributed by atoms with Crippen molar-refractivity contribution in [2.24, 2.45) is 5.92 Å². The highest BCUT2D eigenvalue weighted by Gasteiger charge is 2.21. The van der Waals surface area contributed by atoms with E-state index in [0.717, 1.165) is 0 Å². The van der Waals surface area contributed by atoms with Crippen molar-refractivity contribution in [2.45, 2.75) is 13.3 Å². The van der Waals surface area contributed by atoms with E-state index in [2.05, 4.69) is 0 Å². The third kappa shape index (κ3) is 0.619. The van der Waals surface area contributed by atoms with Crippen LogP contribution in [-0.4, -0.2) is 10.9 Å². The summed E-state index contributed by atoms with van der Waals surface area (Å²) in [6.07, 6.45) is 2.26. The van der Waals surface area contributed by atoms with Crippen LogP contribution in [0.3, 0.4) is 0 Å². The highest BCUT2D eigenvalue weighted by atomic mass is 16.3. The molecule has 44 valence electrons. The molecule has 0 aromatic carbocycles. The number of Topliss-reactive ketones (excluding diaryl/α,β-unsaturated/α-hetero) is 1. The Morgan fingerprint density at radius 2 is 2.50 bits per heavy atom. The minimum absolute atomic E-state index is 0.00926. The predicted molar refractivity (Wildman–Crippen MR) is 29.5 cm³/mol. The zero-order valence-corrected chi connectivity index (χ0v) is 4.72. The van der Waals surface area contributed by atoms with Crippen molar-refractivity contribution in [3.8, 4) is 0 Å². The number of hydrogen-bond donors (Lipinski definition) is 1. The van der Waals surface area contributed by atoms with Gasteiger partial charge >= 0.3 is 0 Å². The molecule has 0 amide bonds. The van der Waals surface area contributed by atoms with Crippen LogP contribution < -0.4 is 0 Å². The first kappa shape index (κ1) is 5.35. The molecule has 0 bridgehead atoms. The molecule has 1 atom stereocenters. The number of aliphatic hydroxyl groups excluding tert-OH is 1. The maximum absolute atomic E-state index is 10.6. The molecule has 0 saturated heterocycles. The second-order valence-corrected chi connectivity index (χ2v) is 2.09. The second kappa shape index (κ2) is 1.62. The van der Waals surface area contributed by atoms with Crippen molar-refractivity contribution < 1.29 is 9.90 Å². The third-order valence-corrected chi connectivity index (χ3v) is 1.36. The average molecular weight is 112 g/mol. The largest absolute Gasteiger partial charge is 0.505 e. The Bertz CT molecular complexity index is 147. The van der Waals surface area contributed by atoms with E-state index in [1.165, 1.54) is 0 Å². The number of carbonyl (C=O) groups is 1. The van der Waals surface area contributed by atoms with Crippen LogP contribution in [0.5, 0.6) is 0 Å². The van der Waals surface area contributed by atoms with Crippen molar-refractivity contribution in [3.05, 3.63) is 11.8 Å². The summed E-state index contributed by atoms with van der Waals surface area (Å²) in [4.78, 5) is 10.6. The molecule has 2 heteroatoms. The summed E-state index contributed by atoms with van der Waals surface area (Å²) in [6.45, 7) is 1.81. The molecule has 0 saturated carbocycles. The number of hydrogen-bond acceptors (Lipinski definition) is 2. The van der Waals surface area contributed by atoms with Crippen molar-refractivity contribution in [1.82, 2.24) is 0 Å². The van der Waals surface area contributed by atoms with Crippen LogP contribution in [0.2, 0.25) is 0 Å². The maximum atomic E-state index is 10.6. The first-order valence-corrected chi connectivity index (χ1v) is 2.65. The standard InChI is InChI=1S/C6H8O2/c1-4-2-3-5(7)6(4)8/h3-4,7H,2H2,1H3. The van der Waals surface area contributed by atoms with Gasteiger partial charge in [0.1, 0.15) is 0 Å². The summed E-state index contributed by atoms with van der Waals surface area (Å²) in [7, 11) is 0. The third-order valence-electron chi connectivity index (χ3n) is 1.36. The average Bonchev–Trinajstić information content (AvgIpc) is 1.98. The topological polar surface area (TPSA) is 37.3 Å². The summed E-state index contributed by atoms with van der Waals surface area (Å²) >= 11 is 0. The highest BCUT2D eigenvalue weighted by Crippen LogP contribution is 2.17. The quantitative estimate of drug-likeness (QED) is 0.508. The lowest BCUT2D eigenvalue weighted by molar-refractivity contribution is -0.120. The van der Waals surface area contributed by atoms with Gasteiger partial charge in [0.25, 0.3) is 0 Å². The summed E-state index contributed by atoms with van der Waals surface area (Å²) in [5, 5.41) is 8.68. The molecular weight excluding hydrogens is 104 g/mol. The van der Waals surface area contributed by atoms with Crippen LogP contribution in [0, 0.1) is 5.92 Å². The Hall–Kier alpha value is -0.790. The fourth-order valence-corrected chi connectivity index (χ4v) is 0.748. The van der Waals surface area contributed by atoms with Gasteiger partial charge in [0.2, 0.25) is 0 Å². The Morgan fingerprint density at radius 1 is 1.88 bits per heavy atom. The van der Waals surface area contributed by atoms with Crippen molar-refractivity contribution >= 4 is 5.78 Å². The molecule has 1 N–H and O–H groups in total. The van der Waals surface area contributed by atoms with Crippen LogP contribution in [0.15, 0.2) is 11.8 Å². The molecule has 0 aromatic rings. The molecule has 0 fully saturated rings. The van der Waals surface area contributed by atoms with E-state index in [1.807, 2.05) is 6.92 Å². The molecular formula is C6H8O2.